The van der Waals surface area contributed by atoms with Crippen LogP contribution in [0.15, 0.2) is 0 Å². The molecule has 0 aliphatic heterocycles. The number of nitrogens with one attached hydrogen (secondary N) is 3. The van der Waals surface area contributed by atoms with Crippen LogP contribution in [0.4, 0.5) is 0 Å². The molecular weight excluding hydrogens is 938 g/mol. The van der Waals surface area contributed by atoms with Gasteiger partial charge in [0.15, 0.2) is 11.6 Å². The van der Waals surface area contributed by atoms with Crippen molar-refractivity contribution in [2.45, 2.75) is 102 Å². The molecule has 0 fully saturated rings. The monoisotopic (exact) mass is 1000 g/mol. The third kappa shape index (κ3) is 31.0. The van der Waals surface area contributed by atoms with Gasteiger partial charge in [-0.3, -0.25) is 28.8 Å². The van der Waals surface area contributed by atoms with Gasteiger partial charge in [-0.1, -0.05) is 20.0 Å². The maximum atomic E-state index is 13.6. The molecule has 5 N–H and O–H groups in total. The van der Waals surface area contributed by atoms with Gasteiger partial charge < -0.3 is 14.8 Å². The summed E-state index contributed by atoms with van der Waals surface area (Å²) in [6.07, 6.45) is -0.471. The molecule has 3 amide bonds. The van der Waals surface area contributed by atoms with Gasteiger partial charge in [0.05, 0.1) is 12.6 Å². The summed E-state index contributed by atoms with van der Waals surface area (Å²) in [7, 11) is 35.2. The van der Waals surface area contributed by atoms with Crippen molar-refractivity contribution < 1.29 is 57.4 Å². The number of ketones is 5. The van der Waals surface area contributed by atoms with Crippen LogP contribution in [0, 0.1) is 5.92 Å². The zero-order valence-corrected chi connectivity index (χ0v) is 44.0. The third-order valence-corrected chi connectivity index (χ3v) is 15.0. The minimum absolute atomic E-state index is 0.00459. The molecule has 7 atom stereocenters. The number of amides is 3. The molecule has 16 nitrogen and oxygen atoms in total. The van der Waals surface area contributed by atoms with Crippen LogP contribution in [-0.2, 0) is 57.4 Å². The van der Waals surface area contributed by atoms with Crippen molar-refractivity contribution in [1.29, 1.82) is 0 Å². The quantitative estimate of drug-likeness (QED) is 0.0250. The SMILES string of the molecule is [B]B=S(=B[B])(CC(=O)CCC(NC(=O)CCC(N)C(=O)OC(C)(C)C)C(=O)NCCOCCOCC(=O)CC(CCC(=O)CP([B])C)C(=O)NC(CCC(=O)CP([B])C)C(=O)CP([B])C)B([B])[B]. The van der Waals surface area contributed by atoms with Gasteiger partial charge in [0.2, 0.25) is 5.91 Å². The maximum absolute atomic E-state index is 13.6. The van der Waals surface area contributed by atoms with Crippen molar-refractivity contribution in [3.8, 4) is 0 Å². The van der Waals surface area contributed by atoms with E-state index in [-0.39, 0.29) is 138 Å². The van der Waals surface area contributed by atoms with Crippen molar-refractivity contribution in [1.82, 2.24) is 16.0 Å². The van der Waals surface area contributed by atoms with Gasteiger partial charge in [-0.05, 0) is 33.6 Å². The molecule has 0 bridgehead atoms. The molecule has 30 heteroatoms. The van der Waals surface area contributed by atoms with Gasteiger partial charge in [-0.25, -0.2) is 0 Å². The van der Waals surface area contributed by atoms with E-state index in [1.807, 2.05) is 0 Å². The van der Waals surface area contributed by atoms with Crippen molar-refractivity contribution in [3.63, 3.8) is 0 Å². The van der Waals surface area contributed by atoms with E-state index in [0.29, 0.717) is 0 Å². The van der Waals surface area contributed by atoms with Crippen molar-refractivity contribution in [2.75, 3.05) is 77.2 Å². The van der Waals surface area contributed by atoms with Crippen LogP contribution < -0.4 is 21.7 Å². The molecule has 0 heterocycles. The fraction of sp³-hybridized carbons (Fsp3) is 0.763. The fourth-order valence-electron chi connectivity index (χ4n) is 6.14. The molecule has 14 radical (unpaired) electrons. The van der Waals surface area contributed by atoms with Crippen LogP contribution >= 0.6 is 32.1 Å². The van der Waals surface area contributed by atoms with Crippen LogP contribution in [0.25, 0.3) is 0 Å². The fourth-order valence-corrected chi connectivity index (χ4v) is 9.82. The second-order valence-corrected chi connectivity index (χ2v) is 26.2. The second kappa shape index (κ2) is 35.5. The Hall–Kier alpha value is -1.60. The standard InChI is InChI=1S/C38H63B10N4O12P3S/c1-38(2,3)64-37(61)30(49)11-14-34(58)51-32(13-10-28(55)24-68(46-39,47-40)48(41)42)36(60)50-15-16-62-17-18-63-20-29(56)19-25(7-8-26(53)21-65(4)43)35(59)52-31(33(57)23-67(6)45)12-9-27(54)22-66(5)44/h25,30-32H,7-24,49H2,1-6H3,(H,50,60)(H,51,58)(H,52,59). The summed E-state index contributed by atoms with van der Waals surface area (Å²) in [6, 6.07) is -0.871. The van der Waals surface area contributed by atoms with E-state index in [4.69, 9.17) is 73.6 Å². The first kappa shape index (κ1) is 66.4. The van der Waals surface area contributed by atoms with Crippen molar-refractivity contribution >= 4 is 156 Å². The molecule has 358 valence electrons. The van der Waals surface area contributed by atoms with Crippen LogP contribution in [0.2, 0.25) is 0 Å². The summed E-state index contributed by atoms with van der Waals surface area (Å²) in [6.45, 7) is 9.78. The molecule has 0 saturated heterocycles. The number of nitrogens with two attached hydrogens (primary N) is 1. The van der Waals surface area contributed by atoms with Crippen LogP contribution in [0.5, 0.6) is 0 Å². The topological polar surface area (TPSA) is 243 Å². The van der Waals surface area contributed by atoms with Crippen molar-refractivity contribution in [2.24, 2.45) is 11.7 Å². The van der Waals surface area contributed by atoms with Crippen LogP contribution in [0.3, 0.4) is 0 Å². The first-order valence-corrected chi connectivity index (χ1v) is 30.2. The van der Waals surface area contributed by atoms with Crippen LogP contribution in [0.1, 0.15) is 78.6 Å². The van der Waals surface area contributed by atoms with Gasteiger partial charge >= 0.3 is 180 Å². The van der Waals surface area contributed by atoms with E-state index in [9.17, 15) is 43.2 Å². The molecule has 0 aromatic rings. The Bertz CT molecular complexity index is 1810. The first-order chi connectivity index (χ1) is 31.6. The molecule has 7 unspecified atom stereocenters. The Labute approximate surface area is 418 Å². The molecule has 0 saturated carbocycles. The minimum atomic E-state index is -2.32. The third-order valence-electron chi connectivity index (χ3n) is 9.65. The van der Waals surface area contributed by atoms with E-state index in [1.54, 1.807) is 40.8 Å². The van der Waals surface area contributed by atoms with E-state index in [1.165, 1.54) is 12.1 Å². The summed E-state index contributed by atoms with van der Waals surface area (Å²) in [5.74, 6) is -6.13. The summed E-state index contributed by atoms with van der Waals surface area (Å²) in [5, 5.41) is 7.95. The summed E-state index contributed by atoms with van der Waals surface area (Å²) in [5.41, 5.74) is 5.14. The molecule has 0 aliphatic carbocycles. The molecule has 0 aromatic carbocycles. The summed E-state index contributed by atoms with van der Waals surface area (Å²) in [4.78, 5) is 116. The van der Waals surface area contributed by atoms with E-state index < -0.39 is 97.0 Å². The number of ether oxygens (including phenoxy) is 3. The van der Waals surface area contributed by atoms with Gasteiger partial charge in [0.1, 0.15) is 46.5 Å². The van der Waals surface area contributed by atoms with Gasteiger partial charge in [-0.2, -0.15) is 23.4 Å². The molecule has 0 spiro atoms. The van der Waals surface area contributed by atoms with Crippen molar-refractivity contribution in [3.05, 3.63) is 0 Å². The number of rotatable bonds is 37. The zero-order valence-electron chi connectivity index (χ0n) is 40.5. The van der Waals surface area contributed by atoms with E-state index in [0.717, 1.165) is 0 Å². The average Bonchev–Trinajstić information content (AvgIpc) is 3.22. The molecular formula is C38H63B10N4O12P3S. The average molecular weight is 1000 g/mol. The molecule has 0 aliphatic rings. The number of Topliss-reactive ketones (excluding diaryl/α,β-unsaturated/α-hetero) is 5. The summed E-state index contributed by atoms with van der Waals surface area (Å²) < 4.78 is 16.3. The Balaban J connectivity index is 5.49. The van der Waals surface area contributed by atoms with E-state index in [2.05, 4.69) is 16.0 Å². The molecule has 0 rings (SSSR count). The van der Waals surface area contributed by atoms with Gasteiger partial charge in [-0.15, -0.1) is 0 Å². The van der Waals surface area contributed by atoms with Gasteiger partial charge in [0, 0.05) is 43.7 Å². The summed E-state index contributed by atoms with van der Waals surface area (Å²) >= 11 is 0. The number of esters is 1. The number of carbonyl (C=O) groups is 9. The Kier molecular flexibility index (Phi) is 34.7. The van der Waals surface area contributed by atoms with E-state index >= 15 is 0 Å². The molecule has 0 aromatic heterocycles. The van der Waals surface area contributed by atoms with Gasteiger partial charge in [0.25, 0.3) is 0 Å². The Morgan fingerprint density at radius 1 is 0.676 bits per heavy atom. The predicted octanol–water partition coefficient (Wildman–Crippen LogP) is -1.14. The predicted molar refractivity (Wildman–Crippen MR) is 286 cm³/mol. The second-order valence-electron chi connectivity index (χ2n) is 17.5. The number of hydrogen-bond acceptors (Lipinski definition) is 13. The number of carbonyl (C=O) groups excluding carboxylic acids is 9. The van der Waals surface area contributed by atoms with Crippen LogP contribution in [-0.4, -0.2) is 225 Å². The first-order valence-electron chi connectivity index (χ1n) is 22.0. The Morgan fingerprint density at radius 3 is 1.74 bits per heavy atom. The number of hydrogen-bond donors (Lipinski definition) is 4. The zero-order chi connectivity index (χ0) is 52.2. The normalized spacial score (nSPS) is 14.5. The molecule has 68 heavy (non-hydrogen) atoms. The Morgan fingerprint density at radius 2 is 1.21 bits per heavy atom.